The van der Waals surface area contributed by atoms with E-state index < -0.39 is 50.4 Å². The van der Waals surface area contributed by atoms with Crippen molar-refractivity contribution >= 4 is 30.8 Å². The van der Waals surface area contributed by atoms with Crippen LogP contribution in [-0.4, -0.2) is 79.9 Å². The van der Waals surface area contributed by atoms with Crippen LogP contribution in [0.3, 0.4) is 0 Å². The fraction of sp³-hybridized carbons (Fsp3) is 0.538. The number of ether oxygens (including phenoxy) is 3. The fourth-order valence-corrected chi connectivity index (χ4v) is 5.68. The zero-order chi connectivity index (χ0) is 30.9. The Kier molecular flexibility index (Phi) is 9.11. The number of benzene rings is 1. The van der Waals surface area contributed by atoms with E-state index >= 15 is 0 Å². The van der Waals surface area contributed by atoms with Crippen molar-refractivity contribution in [3.8, 4) is 11.6 Å². The third-order valence-corrected chi connectivity index (χ3v) is 7.98. The Morgan fingerprint density at radius 2 is 1.98 bits per heavy atom. The minimum Gasteiger partial charge on any atom is -0.479 e. The first kappa shape index (κ1) is 31.6. The number of aromatic nitrogens is 4. The monoisotopic (exact) mass is 608 g/mol. The molecular formula is C26H37N6O9P. The van der Waals surface area contributed by atoms with Gasteiger partial charge >= 0.3 is 13.7 Å². The van der Waals surface area contributed by atoms with E-state index in [1.807, 2.05) is 20.8 Å². The van der Waals surface area contributed by atoms with Gasteiger partial charge in [-0.25, -0.2) is 9.55 Å². The van der Waals surface area contributed by atoms with Gasteiger partial charge in [0.2, 0.25) is 11.8 Å². The molecule has 42 heavy (non-hydrogen) atoms. The van der Waals surface area contributed by atoms with Crippen LogP contribution in [0.1, 0.15) is 40.8 Å². The molecule has 0 saturated carbocycles. The standard InChI is InChI=1S/C26H37N6O9P/c1-15(22(34)38-13-25(2,3)4)31-42(36,41-16-10-8-7-9-11-16)39-12-17-19(33)26(5,35)23(40-17)32-14-28-18-20(32)29-24(27)30-21(18)37-6/h7-11,14-15,17,19,23,33,35H,12-13H2,1-6H3,(H,31,36)(H2,27,29,30). The molecule has 0 spiro atoms. The van der Waals surface area contributed by atoms with Gasteiger partial charge in [0.1, 0.15) is 29.6 Å². The second kappa shape index (κ2) is 12.1. The predicted molar refractivity (Wildman–Crippen MR) is 150 cm³/mol. The van der Waals surface area contributed by atoms with Crippen molar-refractivity contribution in [2.45, 2.75) is 64.7 Å². The Bertz CT molecular complexity index is 1450. The predicted octanol–water partition coefficient (Wildman–Crippen LogP) is 2.20. The van der Waals surface area contributed by atoms with Crippen LogP contribution < -0.4 is 20.1 Å². The van der Waals surface area contributed by atoms with Gasteiger partial charge in [0, 0.05) is 0 Å². The molecule has 3 heterocycles. The molecule has 0 aliphatic carbocycles. The quantitative estimate of drug-likeness (QED) is 0.182. The molecule has 4 rings (SSSR count). The zero-order valence-corrected chi connectivity index (χ0v) is 25.1. The van der Waals surface area contributed by atoms with Gasteiger partial charge in [-0.05, 0) is 31.4 Å². The number of nitrogens with one attached hydrogen (secondary N) is 1. The number of nitrogens with two attached hydrogens (primary N) is 1. The lowest BCUT2D eigenvalue weighted by Gasteiger charge is -2.27. The molecule has 1 aliphatic heterocycles. The van der Waals surface area contributed by atoms with Crippen molar-refractivity contribution in [1.29, 1.82) is 0 Å². The molecule has 1 aromatic carbocycles. The molecule has 6 unspecified atom stereocenters. The highest BCUT2D eigenvalue weighted by molar-refractivity contribution is 7.52. The Balaban J connectivity index is 1.54. The Hall–Kier alpha value is -3.33. The van der Waals surface area contributed by atoms with Crippen molar-refractivity contribution < 1.29 is 42.8 Å². The highest BCUT2D eigenvalue weighted by atomic mass is 31.2. The highest BCUT2D eigenvalue weighted by Gasteiger charge is 2.54. The summed E-state index contributed by atoms with van der Waals surface area (Å²) in [7, 11) is -2.87. The van der Waals surface area contributed by atoms with E-state index in [4.69, 9.17) is 29.0 Å². The van der Waals surface area contributed by atoms with Crippen molar-refractivity contribution in [3.63, 3.8) is 0 Å². The third-order valence-electron chi connectivity index (χ3n) is 6.34. The molecule has 3 aromatic rings. The summed E-state index contributed by atoms with van der Waals surface area (Å²) >= 11 is 0. The minimum atomic E-state index is -4.27. The normalized spacial score (nSPS) is 24.7. The number of anilines is 1. The van der Waals surface area contributed by atoms with E-state index in [0.29, 0.717) is 0 Å². The molecular weight excluding hydrogens is 571 g/mol. The van der Waals surface area contributed by atoms with Crippen LogP contribution in [0.4, 0.5) is 5.95 Å². The van der Waals surface area contributed by atoms with Crippen molar-refractivity contribution in [2.75, 3.05) is 26.1 Å². The molecule has 5 N–H and O–H groups in total. The molecule has 1 fully saturated rings. The van der Waals surface area contributed by atoms with E-state index in [1.54, 1.807) is 30.3 Å². The number of para-hydroxylation sites is 1. The number of nitrogens with zero attached hydrogens (tertiary/aromatic N) is 4. The number of imidazole rings is 1. The Morgan fingerprint density at radius 3 is 2.62 bits per heavy atom. The maximum Gasteiger partial charge on any atom is 0.459 e. The number of rotatable bonds is 11. The summed E-state index contributed by atoms with van der Waals surface area (Å²) in [5, 5.41) is 24.9. The van der Waals surface area contributed by atoms with Crippen molar-refractivity contribution in [2.24, 2.45) is 5.41 Å². The largest absolute Gasteiger partial charge is 0.479 e. The van der Waals surface area contributed by atoms with Gasteiger partial charge in [-0.2, -0.15) is 15.1 Å². The number of fused-ring (bicyclic) bond motifs is 1. The molecule has 0 radical (unpaired) electrons. The van der Waals surface area contributed by atoms with E-state index in [2.05, 4.69) is 20.0 Å². The molecule has 1 saturated heterocycles. The summed E-state index contributed by atoms with van der Waals surface area (Å²) in [5.74, 6) is -0.430. The third kappa shape index (κ3) is 7.00. The van der Waals surface area contributed by atoms with Crippen LogP contribution in [0.5, 0.6) is 11.6 Å². The Morgan fingerprint density at radius 1 is 1.29 bits per heavy atom. The van der Waals surface area contributed by atoms with Gasteiger partial charge in [0.15, 0.2) is 17.4 Å². The smallest absolute Gasteiger partial charge is 0.459 e. The van der Waals surface area contributed by atoms with Gasteiger partial charge in [0.25, 0.3) is 0 Å². The number of carbonyl (C=O) groups is 1. The molecule has 15 nitrogen and oxygen atoms in total. The minimum absolute atomic E-state index is 0.0978. The second-order valence-corrected chi connectivity index (χ2v) is 13.0. The number of methoxy groups -OCH3 is 1. The molecule has 0 amide bonds. The summed E-state index contributed by atoms with van der Waals surface area (Å²) < 4.78 is 43.2. The van der Waals surface area contributed by atoms with Crippen LogP contribution in [-0.2, 0) is 23.4 Å². The first-order chi connectivity index (χ1) is 19.6. The van der Waals surface area contributed by atoms with E-state index in [0.717, 1.165) is 0 Å². The first-order valence-corrected chi connectivity index (χ1v) is 14.7. The van der Waals surface area contributed by atoms with E-state index in [-0.39, 0.29) is 40.8 Å². The number of aliphatic hydroxyl groups is 2. The zero-order valence-electron chi connectivity index (χ0n) is 24.3. The average Bonchev–Trinajstić information content (AvgIpc) is 3.43. The van der Waals surface area contributed by atoms with Gasteiger partial charge in [-0.3, -0.25) is 13.9 Å². The van der Waals surface area contributed by atoms with E-state index in [1.165, 1.54) is 31.9 Å². The first-order valence-electron chi connectivity index (χ1n) is 13.2. The second-order valence-electron chi connectivity index (χ2n) is 11.3. The number of aliphatic hydroxyl groups excluding tert-OH is 1. The van der Waals surface area contributed by atoms with Crippen molar-refractivity contribution in [3.05, 3.63) is 36.7 Å². The maximum atomic E-state index is 13.9. The summed E-state index contributed by atoms with van der Waals surface area (Å²) in [6, 6.07) is 7.14. The number of hydrogen-bond acceptors (Lipinski definition) is 13. The lowest BCUT2D eigenvalue weighted by atomic mass is 9.96. The van der Waals surface area contributed by atoms with Crippen LogP contribution in [0, 0.1) is 5.41 Å². The van der Waals surface area contributed by atoms with E-state index in [9.17, 15) is 19.6 Å². The number of hydrogen-bond donors (Lipinski definition) is 4. The topological polar surface area (TPSA) is 202 Å². The number of esters is 1. The van der Waals surface area contributed by atoms with Crippen LogP contribution >= 0.6 is 7.75 Å². The fourth-order valence-electron chi connectivity index (χ4n) is 4.18. The maximum absolute atomic E-state index is 13.9. The Labute approximate surface area is 242 Å². The lowest BCUT2D eigenvalue weighted by Crippen LogP contribution is -2.44. The molecule has 1 aliphatic rings. The summed E-state index contributed by atoms with van der Waals surface area (Å²) in [6.07, 6.45) is -2.58. The van der Waals surface area contributed by atoms with Gasteiger partial charge in [-0.1, -0.05) is 39.0 Å². The summed E-state index contributed by atoms with van der Waals surface area (Å²) in [6.45, 7) is 8.19. The highest BCUT2D eigenvalue weighted by Crippen LogP contribution is 2.47. The lowest BCUT2D eigenvalue weighted by molar-refractivity contribution is -0.148. The molecule has 2 aromatic heterocycles. The summed E-state index contributed by atoms with van der Waals surface area (Å²) in [5.41, 5.74) is 4.11. The van der Waals surface area contributed by atoms with Gasteiger partial charge < -0.3 is 34.7 Å². The number of carbonyl (C=O) groups excluding carboxylic acids is 1. The van der Waals surface area contributed by atoms with Gasteiger partial charge in [-0.15, -0.1) is 0 Å². The van der Waals surface area contributed by atoms with Crippen LogP contribution in [0.2, 0.25) is 0 Å². The van der Waals surface area contributed by atoms with Crippen molar-refractivity contribution in [1.82, 2.24) is 24.6 Å². The molecule has 230 valence electrons. The number of nitrogen functional groups attached to an aromatic ring is 1. The molecule has 16 heteroatoms. The molecule has 6 atom stereocenters. The average molecular weight is 609 g/mol. The van der Waals surface area contributed by atoms with Gasteiger partial charge in [0.05, 0.1) is 26.7 Å². The molecule has 0 bridgehead atoms. The van der Waals surface area contributed by atoms with Crippen LogP contribution in [0.15, 0.2) is 36.7 Å². The van der Waals surface area contributed by atoms with Crippen LogP contribution in [0.25, 0.3) is 11.2 Å². The SMILES string of the molecule is COc1nc(N)nc2c1ncn2C1OC(COP(=O)(NC(C)C(=O)OCC(C)(C)C)Oc2ccccc2)C(O)C1(C)O. The summed E-state index contributed by atoms with van der Waals surface area (Å²) in [4.78, 5) is 25.0.